The Labute approximate surface area is 112 Å². The third-order valence-corrected chi connectivity index (χ3v) is 3.75. The summed E-state index contributed by atoms with van der Waals surface area (Å²) in [5.41, 5.74) is 1.95. The van der Waals surface area contributed by atoms with Gasteiger partial charge in [0.25, 0.3) is 0 Å². The van der Waals surface area contributed by atoms with Gasteiger partial charge in [0.05, 0.1) is 13.7 Å². The van der Waals surface area contributed by atoms with Gasteiger partial charge in [0, 0.05) is 15.5 Å². The van der Waals surface area contributed by atoms with Crippen molar-refractivity contribution in [2.45, 2.75) is 39.0 Å². The fourth-order valence-corrected chi connectivity index (χ4v) is 2.60. The van der Waals surface area contributed by atoms with E-state index >= 15 is 0 Å². The maximum Gasteiger partial charge on any atom is 0.123 e. The summed E-state index contributed by atoms with van der Waals surface area (Å²) in [7, 11) is 1.67. The quantitative estimate of drug-likeness (QED) is 0.915. The van der Waals surface area contributed by atoms with Crippen molar-refractivity contribution < 1.29 is 9.84 Å². The second-order valence-corrected chi connectivity index (χ2v) is 6.13. The molecule has 1 aromatic carbocycles. The van der Waals surface area contributed by atoms with Crippen LogP contribution >= 0.6 is 15.9 Å². The van der Waals surface area contributed by atoms with Gasteiger partial charge in [-0.05, 0) is 23.6 Å². The molecule has 0 amide bonds. The predicted octanol–water partition coefficient (Wildman–Crippen LogP) is 3.85. The van der Waals surface area contributed by atoms with Gasteiger partial charge in [-0.25, -0.2) is 0 Å². The summed E-state index contributed by atoms with van der Waals surface area (Å²) in [6.45, 7) is 8.41. The smallest absolute Gasteiger partial charge is 0.123 e. The Bertz CT molecular complexity index is 397. The minimum atomic E-state index is -0.302. The fourth-order valence-electron chi connectivity index (χ4n) is 1.79. The highest BCUT2D eigenvalue weighted by molar-refractivity contribution is 9.10. The van der Waals surface area contributed by atoms with E-state index in [-0.39, 0.29) is 12.0 Å². The van der Waals surface area contributed by atoms with Crippen LogP contribution in [0.25, 0.3) is 0 Å². The second-order valence-electron chi connectivity index (χ2n) is 5.27. The first-order valence-electron chi connectivity index (χ1n) is 5.82. The molecule has 0 unspecified atom stereocenters. The van der Waals surface area contributed by atoms with Crippen molar-refractivity contribution in [3.63, 3.8) is 0 Å². The van der Waals surface area contributed by atoms with Crippen LogP contribution in [-0.4, -0.2) is 18.8 Å². The average Bonchev–Trinajstić information content (AvgIpc) is 2.28. The lowest BCUT2D eigenvalue weighted by Crippen LogP contribution is -2.23. The summed E-state index contributed by atoms with van der Waals surface area (Å²) in [5, 5.41) is 9.47. The SMILES string of the molecule is COc1cc(C(C)C)c(Br)cc1C(C)(C)CO. The number of hydrogen-bond acceptors (Lipinski definition) is 2. The largest absolute Gasteiger partial charge is 0.496 e. The molecule has 0 radical (unpaired) electrons. The molecule has 0 aliphatic rings. The molecule has 0 saturated heterocycles. The van der Waals surface area contributed by atoms with Crippen molar-refractivity contribution >= 4 is 15.9 Å². The zero-order valence-electron chi connectivity index (χ0n) is 11.2. The minimum absolute atomic E-state index is 0.0941. The molecule has 0 saturated carbocycles. The molecule has 0 bridgehead atoms. The summed E-state index contributed by atoms with van der Waals surface area (Å²) in [4.78, 5) is 0. The first-order valence-corrected chi connectivity index (χ1v) is 6.61. The van der Waals surface area contributed by atoms with E-state index in [0.717, 1.165) is 15.8 Å². The van der Waals surface area contributed by atoms with Gasteiger partial charge in [0.2, 0.25) is 0 Å². The van der Waals surface area contributed by atoms with Crippen molar-refractivity contribution in [3.05, 3.63) is 27.7 Å². The van der Waals surface area contributed by atoms with E-state index in [1.165, 1.54) is 5.56 Å². The van der Waals surface area contributed by atoms with Crippen molar-refractivity contribution in [3.8, 4) is 5.75 Å². The molecule has 1 aromatic rings. The highest BCUT2D eigenvalue weighted by Crippen LogP contribution is 2.37. The van der Waals surface area contributed by atoms with E-state index in [1.807, 2.05) is 13.8 Å². The third-order valence-electron chi connectivity index (χ3n) is 3.07. The van der Waals surface area contributed by atoms with Crippen LogP contribution in [-0.2, 0) is 5.41 Å². The lowest BCUT2D eigenvalue weighted by molar-refractivity contribution is 0.214. The van der Waals surface area contributed by atoms with Crippen molar-refractivity contribution in [1.29, 1.82) is 0 Å². The molecule has 0 aromatic heterocycles. The van der Waals surface area contributed by atoms with Crippen molar-refractivity contribution in [2.75, 3.05) is 13.7 Å². The van der Waals surface area contributed by atoms with Gasteiger partial charge in [0.1, 0.15) is 5.75 Å². The lowest BCUT2D eigenvalue weighted by Gasteiger charge is -2.26. The number of hydrogen-bond donors (Lipinski definition) is 1. The topological polar surface area (TPSA) is 29.5 Å². The average molecular weight is 301 g/mol. The zero-order chi connectivity index (χ0) is 13.2. The lowest BCUT2D eigenvalue weighted by atomic mass is 9.83. The van der Waals surface area contributed by atoms with Gasteiger partial charge >= 0.3 is 0 Å². The van der Waals surface area contributed by atoms with Crippen LogP contribution in [0.5, 0.6) is 5.75 Å². The molecule has 17 heavy (non-hydrogen) atoms. The number of benzene rings is 1. The third kappa shape index (κ3) is 3.02. The molecule has 1 N–H and O–H groups in total. The summed E-state index contributed by atoms with van der Waals surface area (Å²) in [5.74, 6) is 1.28. The number of ether oxygens (including phenoxy) is 1. The first kappa shape index (κ1) is 14.5. The monoisotopic (exact) mass is 300 g/mol. The van der Waals surface area contributed by atoms with Crippen molar-refractivity contribution in [2.24, 2.45) is 0 Å². The molecule has 3 heteroatoms. The number of methoxy groups -OCH3 is 1. The summed E-state index contributed by atoms with van der Waals surface area (Å²) < 4.78 is 6.52. The Morgan fingerprint density at radius 1 is 1.35 bits per heavy atom. The highest BCUT2D eigenvalue weighted by atomic mass is 79.9. The highest BCUT2D eigenvalue weighted by Gasteiger charge is 2.25. The van der Waals surface area contributed by atoms with Crippen LogP contribution in [0.15, 0.2) is 16.6 Å². The predicted molar refractivity (Wildman–Crippen MR) is 74.9 cm³/mol. The van der Waals surface area contributed by atoms with Gasteiger partial charge < -0.3 is 9.84 Å². The molecular formula is C14H21BrO2. The Hall–Kier alpha value is -0.540. The molecule has 0 fully saturated rings. The van der Waals surface area contributed by atoms with Crippen LogP contribution in [0.1, 0.15) is 44.7 Å². The first-order chi connectivity index (χ1) is 7.83. The van der Waals surface area contributed by atoms with E-state index in [9.17, 15) is 5.11 Å². The Morgan fingerprint density at radius 3 is 2.35 bits per heavy atom. The standard InChI is InChI=1S/C14H21BrO2/c1-9(2)10-6-13(17-5)11(7-12(10)15)14(3,4)8-16/h6-7,9,16H,8H2,1-5H3. The second kappa shape index (κ2) is 5.40. The summed E-state index contributed by atoms with van der Waals surface area (Å²) in [6, 6.07) is 4.12. The van der Waals surface area contributed by atoms with Crippen LogP contribution in [0.2, 0.25) is 0 Å². The van der Waals surface area contributed by atoms with Crippen molar-refractivity contribution in [1.82, 2.24) is 0 Å². The Morgan fingerprint density at radius 2 is 1.94 bits per heavy atom. The zero-order valence-corrected chi connectivity index (χ0v) is 12.8. The normalized spacial score (nSPS) is 12.0. The van der Waals surface area contributed by atoms with Crippen LogP contribution in [0, 0.1) is 0 Å². The molecule has 2 nitrogen and oxygen atoms in total. The van der Waals surface area contributed by atoms with Crippen LogP contribution in [0.3, 0.4) is 0 Å². The molecule has 0 aliphatic carbocycles. The van der Waals surface area contributed by atoms with Gasteiger partial charge in [-0.3, -0.25) is 0 Å². The minimum Gasteiger partial charge on any atom is -0.496 e. The van der Waals surface area contributed by atoms with E-state index in [0.29, 0.717) is 5.92 Å². The molecular weight excluding hydrogens is 280 g/mol. The fraction of sp³-hybridized carbons (Fsp3) is 0.571. The van der Waals surface area contributed by atoms with Gasteiger partial charge in [0.15, 0.2) is 0 Å². The number of aliphatic hydroxyl groups excluding tert-OH is 1. The van der Waals surface area contributed by atoms with Gasteiger partial charge in [-0.15, -0.1) is 0 Å². The number of aliphatic hydroxyl groups is 1. The Balaban J connectivity index is 3.38. The van der Waals surface area contributed by atoms with Gasteiger partial charge in [-0.1, -0.05) is 43.6 Å². The van der Waals surface area contributed by atoms with Crippen LogP contribution < -0.4 is 4.74 Å². The molecule has 0 atom stereocenters. The van der Waals surface area contributed by atoms with E-state index < -0.39 is 0 Å². The molecule has 0 spiro atoms. The van der Waals surface area contributed by atoms with E-state index in [2.05, 4.69) is 41.9 Å². The van der Waals surface area contributed by atoms with Gasteiger partial charge in [-0.2, -0.15) is 0 Å². The number of halogens is 1. The van der Waals surface area contributed by atoms with E-state index in [4.69, 9.17) is 4.74 Å². The molecule has 0 aliphatic heterocycles. The molecule has 0 heterocycles. The maximum atomic E-state index is 9.47. The van der Waals surface area contributed by atoms with Crippen LogP contribution in [0.4, 0.5) is 0 Å². The van der Waals surface area contributed by atoms with E-state index in [1.54, 1.807) is 7.11 Å². The molecule has 96 valence electrons. The number of rotatable bonds is 4. The summed E-state index contributed by atoms with van der Waals surface area (Å²) >= 11 is 3.60. The molecule has 1 rings (SSSR count). The maximum absolute atomic E-state index is 9.47. The Kier molecular flexibility index (Phi) is 4.62. The summed E-state index contributed by atoms with van der Waals surface area (Å²) in [6.07, 6.45) is 0.